The van der Waals surface area contributed by atoms with E-state index in [0.29, 0.717) is 0 Å². The first kappa shape index (κ1) is 10.8. The van der Waals surface area contributed by atoms with Crippen molar-refractivity contribution in [3.8, 4) is 5.75 Å². The second-order valence-electron chi connectivity index (χ2n) is 4.58. The fourth-order valence-electron chi connectivity index (χ4n) is 1.64. The Morgan fingerprint density at radius 2 is 1.79 bits per heavy atom. The number of hydrogen-bond acceptors (Lipinski definition) is 2. The summed E-state index contributed by atoms with van der Waals surface area (Å²) in [5.74, 6) is 0.0769. The van der Waals surface area contributed by atoms with Gasteiger partial charge in [-0.05, 0) is 34.6 Å². The minimum absolute atomic E-state index is 0.0769. The molecule has 14 heavy (non-hydrogen) atoms. The zero-order valence-electron chi connectivity index (χ0n) is 9.38. The molecule has 0 radical (unpaired) electrons. The average Bonchev–Trinajstić information content (AvgIpc) is 1.97. The molecule has 0 saturated heterocycles. The van der Waals surface area contributed by atoms with E-state index in [1.165, 1.54) is 6.07 Å². The Labute approximate surface area is 84.0 Å². The minimum Gasteiger partial charge on any atom is -0.507 e. The van der Waals surface area contributed by atoms with Crippen molar-refractivity contribution in [2.75, 3.05) is 0 Å². The molecule has 0 aromatic carbocycles. The second kappa shape index (κ2) is 3.15. The van der Waals surface area contributed by atoms with Gasteiger partial charge in [-0.15, -0.1) is 0 Å². The summed E-state index contributed by atoms with van der Waals surface area (Å²) in [7, 11) is 0. The van der Waals surface area contributed by atoms with Crippen LogP contribution >= 0.6 is 0 Å². The van der Waals surface area contributed by atoms with Crippen LogP contribution in [0.15, 0.2) is 10.9 Å². The lowest BCUT2D eigenvalue weighted by atomic mass is 10.1. The van der Waals surface area contributed by atoms with Crippen LogP contribution in [-0.4, -0.2) is 9.67 Å². The van der Waals surface area contributed by atoms with Crippen molar-refractivity contribution in [2.45, 2.75) is 40.2 Å². The van der Waals surface area contributed by atoms with Crippen molar-refractivity contribution in [3.05, 3.63) is 27.7 Å². The third-order valence-electron chi connectivity index (χ3n) is 2.41. The van der Waals surface area contributed by atoms with E-state index in [4.69, 9.17) is 0 Å². The van der Waals surface area contributed by atoms with Gasteiger partial charge >= 0.3 is 0 Å². The summed E-state index contributed by atoms with van der Waals surface area (Å²) in [5.41, 5.74) is 1.18. The summed E-state index contributed by atoms with van der Waals surface area (Å²) >= 11 is 0. The van der Waals surface area contributed by atoms with Crippen molar-refractivity contribution in [3.63, 3.8) is 0 Å². The maximum Gasteiger partial charge on any atom is 0.254 e. The van der Waals surface area contributed by atoms with E-state index in [2.05, 4.69) is 0 Å². The second-order valence-corrected chi connectivity index (χ2v) is 4.58. The SMILES string of the molecule is Cc1c(O)cc(=O)n(C(C)(C)C)c1C. The predicted molar refractivity (Wildman–Crippen MR) is 56.8 cm³/mol. The molecule has 78 valence electrons. The first-order valence-corrected chi connectivity index (χ1v) is 4.68. The van der Waals surface area contributed by atoms with Crippen LogP contribution in [0.5, 0.6) is 5.75 Å². The fraction of sp³-hybridized carbons (Fsp3) is 0.545. The van der Waals surface area contributed by atoms with Crippen LogP contribution in [0.25, 0.3) is 0 Å². The highest BCUT2D eigenvalue weighted by Gasteiger charge is 2.18. The van der Waals surface area contributed by atoms with Gasteiger partial charge in [-0.2, -0.15) is 0 Å². The lowest BCUT2D eigenvalue weighted by molar-refractivity contribution is 0.369. The summed E-state index contributed by atoms with van der Waals surface area (Å²) in [6.07, 6.45) is 0. The summed E-state index contributed by atoms with van der Waals surface area (Å²) < 4.78 is 1.70. The number of rotatable bonds is 0. The monoisotopic (exact) mass is 195 g/mol. The standard InChI is InChI=1S/C11H17NO2/c1-7-8(2)12(11(3,4)5)10(14)6-9(7)13/h6,13H,1-5H3. The third-order valence-corrected chi connectivity index (χ3v) is 2.41. The highest BCUT2D eigenvalue weighted by atomic mass is 16.3. The van der Waals surface area contributed by atoms with Gasteiger partial charge in [0.2, 0.25) is 0 Å². The summed E-state index contributed by atoms with van der Waals surface area (Å²) in [4.78, 5) is 11.7. The summed E-state index contributed by atoms with van der Waals surface area (Å²) in [6.45, 7) is 9.57. The van der Waals surface area contributed by atoms with Crippen molar-refractivity contribution >= 4 is 0 Å². The molecular formula is C11H17NO2. The molecule has 0 aliphatic rings. The first-order valence-electron chi connectivity index (χ1n) is 4.68. The van der Waals surface area contributed by atoms with Gasteiger partial charge in [0, 0.05) is 22.9 Å². The Bertz CT molecular complexity index is 411. The summed E-state index contributed by atoms with van der Waals surface area (Å²) in [6, 6.07) is 1.27. The van der Waals surface area contributed by atoms with Crippen LogP contribution in [0.4, 0.5) is 0 Å². The molecule has 1 aromatic heterocycles. The van der Waals surface area contributed by atoms with Gasteiger partial charge in [0.15, 0.2) is 0 Å². The minimum atomic E-state index is -0.250. The van der Waals surface area contributed by atoms with Crippen molar-refractivity contribution in [1.29, 1.82) is 0 Å². The maximum atomic E-state index is 11.7. The molecule has 0 aliphatic heterocycles. The molecule has 1 N–H and O–H groups in total. The Morgan fingerprint density at radius 1 is 1.29 bits per heavy atom. The molecule has 0 fully saturated rings. The van der Waals surface area contributed by atoms with Crippen LogP contribution in [0.1, 0.15) is 32.0 Å². The molecule has 1 aromatic rings. The van der Waals surface area contributed by atoms with Crippen LogP contribution in [-0.2, 0) is 5.54 Å². The molecule has 0 saturated carbocycles. The molecule has 0 aliphatic carbocycles. The third kappa shape index (κ3) is 1.67. The van der Waals surface area contributed by atoms with Gasteiger partial charge in [-0.1, -0.05) is 0 Å². The van der Waals surface area contributed by atoms with E-state index in [0.717, 1.165) is 11.3 Å². The molecule has 0 amide bonds. The van der Waals surface area contributed by atoms with E-state index >= 15 is 0 Å². The largest absolute Gasteiger partial charge is 0.507 e. The van der Waals surface area contributed by atoms with Gasteiger partial charge in [0.05, 0.1) is 0 Å². The van der Waals surface area contributed by atoms with Gasteiger partial charge in [-0.3, -0.25) is 4.79 Å². The topological polar surface area (TPSA) is 42.2 Å². The molecule has 3 nitrogen and oxygen atoms in total. The highest BCUT2D eigenvalue weighted by Crippen LogP contribution is 2.21. The van der Waals surface area contributed by atoms with Crippen LogP contribution in [0, 0.1) is 13.8 Å². The normalized spacial score (nSPS) is 11.8. The summed E-state index contributed by atoms with van der Waals surface area (Å²) in [5, 5.41) is 9.46. The number of aromatic hydroxyl groups is 1. The number of hydrogen-bond donors (Lipinski definition) is 1. The van der Waals surface area contributed by atoms with E-state index in [-0.39, 0.29) is 16.8 Å². The van der Waals surface area contributed by atoms with E-state index < -0.39 is 0 Å². The van der Waals surface area contributed by atoms with E-state index in [1.54, 1.807) is 4.57 Å². The van der Waals surface area contributed by atoms with Crippen molar-refractivity contribution < 1.29 is 5.11 Å². The zero-order chi connectivity index (χ0) is 11.1. The fourth-order valence-corrected chi connectivity index (χ4v) is 1.64. The Kier molecular flexibility index (Phi) is 2.44. The van der Waals surface area contributed by atoms with Gasteiger partial charge in [0.25, 0.3) is 5.56 Å². The van der Waals surface area contributed by atoms with E-state index in [1.807, 2.05) is 34.6 Å². The Balaban J connectivity index is 3.62. The number of pyridine rings is 1. The Hall–Kier alpha value is -1.25. The molecule has 3 heteroatoms. The van der Waals surface area contributed by atoms with Crippen molar-refractivity contribution in [1.82, 2.24) is 4.57 Å². The van der Waals surface area contributed by atoms with Gasteiger partial charge in [0.1, 0.15) is 5.75 Å². The smallest absolute Gasteiger partial charge is 0.254 e. The average molecular weight is 195 g/mol. The van der Waals surface area contributed by atoms with Gasteiger partial charge in [-0.25, -0.2) is 0 Å². The quantitative estimate of drug-likeness (QED) is 0.687. The van der Waals surface area contributed by atoms with Crippen LogP contribution in [0.3, 0.4) is 0 Å². The molecule has 0 atom stereocenters. The lowest BCUT2D eigenvalue weighted by Gasteiger charge is -2.26. The number of nitrogens with zero attached hydrogens (tertiary/aromatic N) is 1. The van der Waals surface area contributed by atoms with Crippen molar-refractivity contribution in [2.24, 2.45) is 0 Å². The molecule has 0 unspecified atom stereocenters. The Morgan fingerprint density at radius 3 is 2.21 bits per heavy atom. The number of aromatic nitrogens is 1. The highest BCUT2D eigenvalue weighted by molar-refractivity contribution is 5.33. The van der Waals surface area contributed by atoms with E-state index in [9.17, 15) is 9.90 Å². The lowest BCUT2D eigenvalue weighted by Crippen LogP contribution is -2.35. The molecule has 0 spiro atoms. The predicted octanol–water partition coefficient (Wildman–Crippen LogP) is 1.93. The zero-order valence-corrected chi connectivity index (χ0v) is 9.38. The molecule has 1 rings (SSSR count). The van der Waals surface area contributed by atoms with Crippen LogP contribution in [0.2, 0.25) is 0 Å². The first-order chi connectivity index (χ1) is 6.25. The van der Waals surface area contributed by atoms with Gasteiger partial charge < -0.3 is 9.67 Å². The molecule has 0 bridgehead atoms. The maximum absolute atomic E-state index is 11.7. The molecule has 1 heterocycles. The molecular weight excluding hydrogens is 178 g/mol. The van der Waals surface area contributed by atoms with Crippen LogP contribution < -0.4 is 5.56 Å².